The summed E-state index contributed by atoms with van der Waals surface area (Å²) in [5, 5.41) is 0. The van der Waals surface area contributed by atoms with Crippen LogP contribution in [0, 0.1) is 5.82 Å². The van der Waals surface area contributed by atoms with Crippen molar-refractivity contribution in [1.29, 1.82) is 0 Å². The van der Waals surface area contributed by atoms with Crippen molar-refractivity contribution in [2.45, 2.75) is 71.5 Å². The second kappa shape index (κ2) is 18.4. The molecule has 1 saturated heterocycles. The van der Waals surface area contributed by atoms with E-state index in [-0.39, 0.29) is 5.82 Å². The number of hydrogen-bond donors (Lipinski definition) is 0. The Morgan fingerprint density at radius 2 is 1.13 bits per heavy atom. The second-order valence-electron chi connectivity index (χ2n) is 14.3. The summed E-state index contributed by atoms with van der Waals surface area (Å²) in [7, 11) is 6.81. The van der Waals surface area contributed by atoms with Gasteiger partial charge in [0.15, 0.2) is 23.0 Å². The molecule has 5 aromatic rings. The fourth-order valence-corrected chi connectivity index (χ4v) is 7.94. The van der Waals surface area contributed by atoms with Crippen LogP contribution in [-0.4, -0.2) is 52.5 Å². The third kappa shape index (κ3) is 9.02. The van der Waals surface area contributed by atoms with E-state index >= 15 is 0 Å². The molecule has 1 heterocycles. The maximum atomic E-state index is 14.1. The van der Waals surface area contributed by atoms with E-state index in [4.69, 9.17) is 18.9 Å². The molecule has 0 bridgehead atoms. The minimum atomic E-state index is -0.219. The molecule has 0 aromatic heterocycles. The maximum absolute atomic E-state index is 14.1. The number of ether oxygens (including phenoxy) is 4. The largest absolute Gasteiger partial charge is 0.493 e. The predicted octanol–water partition coefficient (Wildman–Crippen LogP) is 10.8. The highest BCUT2D eigenvalue weighted by atomic mass is 19.1. The highest BCUT2D eigenvalue weighted by molar-refractivity contribution is 5.71. The molecule has 1 fully saturated rings. The Hall–Kier alpha value is -5.01. The number of nitrogens with zero attached hydrogens (tertiary/aromatic N) is 2. The van der Waals surface area contributed by atoms with Crippen LogP contribution in [-0.2, 0) is 25.9 Å². The zero-order valence-corrected chi connectivity index (χ0v) is 32.8. The summed E-state index contributed by atoms with van der Waals surface area (Å²) in [4.78, 5) is 5.03. The van der Waals surface area contributed by atoms with Crippen LogP contribution in [0.4, 0.5) is 10.1 Å². The molecule has 0 saturated carbocycles. The Balaban J connectivity index is 1.19. The van der Waals surface area contributed by atoms with E-state index in [1.54, 1.807) is 40.6 Å². The van der Waals surface area contributed by atoms with Gasteiger partial charge in [-0.3, -0.25) is 4.90 Å². The van der Waals surface area contributed by atoms with E-state index in [1.165, 1.54) is 22.3 Å². The monoisotopic (exact) mass is 730 g/mol. The van der Waals surface area contributed by atoms with Crippen LogP contribution >= 0.6 is 0 Å². The van der Waals surface area contributed by atoms with Crippen molar-refractivity contribution in [3.8, 4) is 45.3 Å². The first-order chi connectivity index (χ1) is 26.4. The van der Waals surface area contributed by atoms with Crippen LogP contribution in [0.1, 0.15) is 61.8 Å². The maximum Gasteiger partial charge on any atom is 0.163 e. The molecule has 0 unspecified atom stereocenters. The minimum Gasteiger partial charge on any atom is -0.493 e. The Labute approximate surface area is 321 Å². The van der Waals surface area contributed by atoms with Gasteiger partial charge in [0.05, 0.1) is 28.4 Å². The van der Waals surface area contributed by atoms with E-state index in [1.807, 2.05) is 12.1 Å². The zero-order valence-electron chi connectivity index (χ0n) is 32.8. The van der Waals surface area contributed by atoms with Crippen LogP contribution in [0.5, 0.6) is 23.0 Å². The summed E-state index contributed by atoms with van der Waals surface area (Å²) in [5.41, 5.74) is 10.4. The van der Waals surface area contributed by atoms with Gasteiger partial charge in [-0.25, -0.2) is 4.39 Å². The zero-order chi connectivity index (χ0) is 38.0. The van der Waals surface area contributed by atoms with E-state index in [9.17, 15) is 4.39 Å². The molecule has 6 nitrogen and oxygen atoms in total. The van der Waals surface area contributed by atoms with Crippen LogP contribution in [0.3, 0.4) is 0 Å². The molecule has 0 spiro atoms. The van der Waals surface area contributed by atoms with Gasteiger partial charge in [0.25, 0.3) is 0 Å². The normalized spacial score (nSPS) is 13.5. The van der Waals surface area contributed by atoms with E-state index in [0.29, 0.717) is 6.04 Å². The fraction of sp³-hybridized carbons (Fsp3) is 0.362. The van der Waals surface area contributed by atoms with Gasteiger partial charge in [0, 0.05) is 37.9 Å². The molecule has 0 N–H and O–H groups in total. The average Bonchev–Trinajstić information content (AvgIpc) is 3.20. The lowest BCUT2D eigenvalue weighted by molar-refractivity contribution is 0.201. The molecule has 284 valence electrons. The van der Waals surface area contributed by atoms with Gasteiger partial charge < -0.3 is 23.8 Å². The lowest BCUT2D eigenvalue weighted by Gasteiger charge is -2.40. The van der Waals surface area contributed by atoms with Crippen molar-refractivity contribution in [2.75, 3.05) is 46.4 Å². The highest BCUT2D eigenvalue weighted by Gasteiger charge is 2.26. The van der Waals surface area contributed by atoms with Gasteiger partial charge in [-0.2, -0.15) is 0 Å². The lowest BCUT2D eigenvalue weighted by atomic mass is 9.96. The van der Waals surface area contributed by atoms with Crippen LogP contribution in [0.2, 0.25) is 0 Å². The summed E-state index contributed by atoms with van der Waals surface area (Å²) in [6, 6.07) is 33.6. The quantitative estimate of drug-likeness (QED) is 0.101. The number of hydrogen-bond acceptors (Lipinski definition) is 6. The predicted molar refractivity (Wildman–Crippen MR) is 219 cm³/mol. The number of benzene rings is 5. The Kier molecular flexibility index (Phi) is 13.2. The van der Waals surface area contributed by atoms with Crippen molar-refractivity contribution in [1.82, 2.24) is 4.90 Å². The van der Waals surface area contributed by atoms with Crippen molar-refractivity contribution >= 4 is 5.69 Å². The summed E-state index contributed by atoms with van der Waals surface area (Å²) < 4.78 is 37.1. The lowest BCUT2D eigenvalue weighted by Crippen LogP contribution is -2.44. The van der Waals surface area contributed by atoms with E-state index in [2.05, 4.69) is 96.4 Å². The molecule has 5 aromatic carbocycles. The molecule has 0 atom stereocenters. The third-order valence-electron chi connectivity index (χ3n) is 10.6. The molecular weight excluding hydrogens is 676 g/mol. The van der Waals surface area contributed by atoms with Gasteiger partial charge in [0.1, 0.15) is 5.82 Å². The standard InChI is InChI=1S/C47H55FN2O4/c1-7-11-37-27-39(29-44(51-3)46(37)53-5)35-15-9-13-33(25-35)31-49-23-21-43(22-24-49)50(42-19-17-41(48)18-20-42)32-34-14-10-16-36(26-34)40-28-38(12-8-2)47(54-6)45(30-40)52-4/h9-10,13-20,25-30,43H,7-8,11-12,21-24,31-32H2,1-6H3. The van der Waals surface area contributed by atoms with Crippen molar-refractivity contribution in [3.05, 3.63) is 125 Å². The summed E-state index contributed by atoms with van der Waals surface area (Å²) in [6.45, 7) is 7.94. The Bertz CT molecular complexity index is 1990. The number of anilines is 1. The third-order valence-corrected chi connectivity index (χ3v) is 10.6. The van der Waals surface area contributed by atoms with Crippen LogP contribution in [0.15, 0.2) is 97.1 Å². The molecule has 0 aliphatic carbocycles. The molecule has 0 amide bonds. The highest BCUT2D eigenvalue weighted by Crippen LogP contribution is 2.39. The van der Waals surface area contributed by atoms with Crippen molar-refractivity contribution in [2.24, 2.45) is 0 Å². The minimum absolute atomic E-state index is 0.219. The SMILES string of the molecule is CCCc1cc(-c2cccc(CN3CCC(N(Cc4cccc(-c5cc(CCC)c(OC)c(OC)c5)c4)c4ccc(F)cc4)CC3)c2)cc(OC)c1OC. The van der Waals surface area contributed by atoms with Gasteiger partial charge in [-0.15, -0.1) is 0 Å². The van der Waals surface area contributed by atoms with Crippen LogP contribution in [0.25, 0.3) is 22.3 Å². The van der Waals surface area contributed by atoms with E-state index < -0.39 is 0 Å². The molecule has 7 heteroatoms. The van der Waals surface area contributed by atoms with Gasteiger partial charge in [0.2, 0.25) is 0 Å². The van der Waals surface area contributed by atoms with Crippen LogP contribution < -0.4 is 23.8 Å². The summed E-state index contributed by atoms with van der Waals surface area (Å²) >= 11 is 0. The first-order valence-corrected chi connectivity index (χ1v) is 19.3. The smallest absolute Gasteiger partial charge is 0.163 e. The summed E-state index contributed by atoms with van der Waals surface area (Å²) in [6.07, 6.45) is 5.92. The van der Waals surface area contributed by atoms with Gasteiger partial charge >= 0.3 is 0 Å². The number of likely N-dealkylation sites (tertiary alicyclic amines) is 1. The molecule has 0 radical (unpaired) electrons. The molecular formula is C47H55FN2O4. The van der Waals surface area contributed by atoms with E-state index in [0.717, 1.165) is 116 Å². The first kappa shape index (κ1) is 38.7. The molecule has 1 aliphatic rings. The number of aryl methyl sites for hydroxylation is 2. The number of methoxy groups -OCH3 is 4. The number of halogens is 1. The Morgan fingerprint density at radius 1 is 0.611 bits per heavy atom. The fourth-order valence-electron chi connectivity index (χ4n) is 7.94. The molecule has 54 heavy (non-hydrogen) atoms. The first-order valence-electron chi connectivity index (χ1n) is 19.3. The Morgan fingerprint density at radius 3 is 1.63 bits per heavy atom. The molecule has 1 aliphatic heterocycles. The second-order valence-corrected chi connectivity index (χ2v) is 14.3. The van der Waals surface area contributed by atoms with Crippen molar-refractivity contribution in [3.63, 3.8) is 0 Å². The average molecular weight is 731 g/mol. The number of piperidine rings is 1. The van der Waals surface area contributed by atoms with Gasteiger partial charge in [-0.05, 0) is 131 Å². The number of rotatable bonds is 16. The van der Waals surface area contributed by atoms with Crippen molar-refractivity contribution < 1.29 is 23.3 Å². The summed E-state index contributed by atoms with van der Waals surface area (Å²) in [5.74, 6) is 2.93. The molecule has 6 rings (SSSR count). The van der Waals surface area contributed by atoms with Gasteiger partial charge in [-0.1, -0.05) is 63.1 Å². The topological polar surface area (TPSA) is 43.4 Å².